The summed E-state index contributed by atoms with van der Waals surface area (Å²) in [5.41, 5.74) is 0.883. The Morgan fingerprint density at radius 2 is 1.83 bits per heavy atom. The first-order chi connectivity index (χ1) is 10.7. The van der Waals surface area contributed by atoms with E-state index in [-0.39, 0.29) is 35.3 Å². The van der Waals surface area contributed by atoms with Crippen LogP contribution < -0.4 is 5.32 Å². The van der Waals surface area contributed by atoms with Crippen molar-refractivity contribution < 1.29 is 23.1 Å². The number of carboxylic acid groups (broad SMARTS) is 1. The highest BCUT2D eigenvalue weighted by Gasteiger charge is 2.12. The Morgan fingerprint density at radius 3 is 2.35 bits per heavy atom. The molecule has 0 heterocycles. The zero-order valence-electron chi connectivity index (χ0n) is 13.4. The Morgan fingerprint density at radius 1 is 1.22 bits per heavy atom. The van der Waals surface area contributed by atoms with Crippen molar-refractivity contribution in [3.8, 4) is 0 Å². The van der Waals surface area contributed by atoms with Crippen LogP contribution in [-0.4, -0.2) is 37.7 Å². The van der Waals surface area contributed by atoms with Crippen molar-refractivity contribution in [1.29, 1.82) is 0 Å². The number of rotatable bonds is 9. The molecule has 0 saturated heterocycles. The predicted octanol–water partition coefficient (Wildman–Crippen LogP) is 1.64. The molecule has 1 rings (SSSR count). The molecule has 0 aromatic heterocycles. The maximum Gasteiger partial charge on any atom is 0.303 e. The van der Waals surface area contributed by atoms with Crippen molar-refractivity contribution in [2.45, 2.75) is 38.0 Å². The number of aryl methyl sites for hydroxylation is 1. The Labute approximate surface area is 136 Å². The number of sulfone groups is 1. The molecule has 0 spiro atoms. The SMILES string of the molecule is CCS(=O)(=O)c1ccc(CCC(=O)NCC(C)CC(=O)O)cc1. The molecule has 1 aromatic rings. The van der Waals surface area contributed by atoms with Gasteiger partial charge in [0.1, 0.15) is 0 Å². The second-order valence-corrected chi connectivity index (χ2v) is 7.83. The molecule has 1 unspecified atom stereocenters. The van der Waals surface area contributed by atoms with Crippen molar-refractivity contribution >= 4 is 21.7 Å². The van der Waals surface area contributed by atoms with E-state index in [1.165, 1.54) is 0 Å². The van der Waals surface area contributed by atoms with Gasteiger partial charge in [-0.15, -0.1) is 0 Å². The number of aliphatic carboxylic acids is 1. The van der Waals surface area contributed by atoms with Crippen molar-refractivity contribution in [3.63, 3.8) is 0 Å². The molecule has 0 aliphatic heterocycles. The van der Waals surface area contributed by atoms with E-state index in [1.54, 1.807) is 38.1 Å². The summed E-state index contributed by atoms with van der Waals surface area (Å²) in [5.74, 6) is -1.08. The van der Waals surface area contributed by atoms with Crippen molar-refractivity contribution in [3.05, 3.63) is 29.8 Å². The molecular weight excluding hydrogens is 318 g/mol. The molecule has 0 radical (unpaired) electrons. The van der Waals surface area contributed by atoms with E-state index in [0.717, 1.165) is 5.56 Å². The van der Waals surface area contributed by atoms with Gasteiger partial charge in [0.2, 0.25) is 5.91 Å². The number of hydrogen-bond donors (Lipinski definition) is 2. The number of benzene rings is 1. The van der Waals surface area contributed by atoms with Crippen molar-refractivity contribution in [2.24, 2.45) is 5.92 Å². The zero-order chi connectivity index (χ0) is 17.5. The maximum absolute atomic E-state index is 11.7. The number of carbonyl (C=O) groups excluding carboxylic acids is 1. The van der Waals surface area contributed by atoms with Crippen LogP contribution >= 0.6 is 0 Å². The number of carboxylic acids is 1. The van der Waals surface area contributed by atoms with Crippen LogP contribution in [0.1, 0.15) is 32.3 Å². The Balaban J connectivity index is 2.43. The molecule has 128 valence electrons. The van der Waals surface area contributed by atoms with Crippen LogP contribution in [0.15, 0.2) is 29.2 Å². The fourth-order valence-corrected chi connectivity index (χ4v) is 2.92. The molecule has 0 bridgehead atoms. The Hall–Kier alpha value is -1.89. The highest BCUT2D eigenvalue weighted by atomic mass is 32.2. The summed E-state index contributed by atoms with van der Waals surface area (Å²) in [7, 11) is -3.20. The van der Waals surface area contributed by atoms with Gasteiger partial charge in [-0.3, -0.25) is 9.59 Å². The normalized spacial score (nSPS) is 12.6. The summed E-state index contributed by atoms with van der Waals surface area (Å²) >= 11 is 0. The minimum absolute atomic E-state index is 0.0215. The van der Waals surface area contributed by atoms with Gasteiger partial charge >= 0.3 is 5.97 Å². The molecule has 2 N–H and O–H groups in total. The van der Waals surface area contributed by atoms with Gasteiger partial charge in [-0.05, 0) is 30.0 Å². The summed E-state index contributed by atoms with van der Waals surface area (Å²) in [6, 6.07) is 6.54. The summed E-state index contributed by atoms with van der Waals surface area (Å²) in [6.45, 7) is 3.69. The third-order valence-electron chi connectivity index (χ3n) is 3.47. The average molecular weight is 341 g/mol. The third kappa shape index (κ3) is 6.81. The molecule has 1 atom stereocenters. The van der Waals surface area contributed by atoms with Crippen LogP contribution in [0.5, 0.6) is 0 Å². The molecule has 1 amide bonds. The zero-order valence-corrected chi connectivity index (χ0v) is 14.2. The van der Waals surface area contributed by atoms with Gasteiger partial charge in [-0.1, -0.05) is 26.0 Å². The van der Waals surface area contributed by atoms with Gasteiger partial charge < -0.3 is 10.4 Å². The molecule has 6 nitrogen and oxygen atoms in total. The maximum atomic E-state index is 11.7. The third-order valence-corrected chi connectivity index (χ3v) is 5.22. The van der Waals surface area contributed by atoms with Crippen LogP contribution in [0.25, 0.3) is 0 Å². The van der Waals surface area contributed by atoms with E-state index >= 15 is 0 Å². The second kappa shape index (κ2) is 8.67. The van der Waals surface area contributed by atoms with Crippen LogP contribution in [-0.2, 0) is 25.8 Å². The van der Waals surface area contributed by atoms with E-state index in [0.29, 0.717) is 13.0 Å². The van der Waals surface area contributed by atoms with Crippen molar-refractivity contribution in [1.82, 2.24) is 5.32 Å². The van der Waals surface area contributed by atoms with Gasteiger partial charge in [0.15, 0.2) is 9.84 Å². The Bertz CT molecular complexity index is 637. The van der Waals surface area contributed by atoms with E-state index < -0.39 is 15.8 Å². The first-order valence-corrected chi connectivity index (χ1v) is 9.20. The number of amides is 1. The van der Waals surface area contributed by atoms with Crippen LogP contribution in [0, 0.1) is 5.92 Å². The largest absolute Gasteiger partial charge is 0.481 e. The van der Waals surface area contributed by atoms with Gasteiger partial charge in [0.05, 0.1) is 10.6 Å². The molecule has 7 heteroatoms. The summed E-state index contributed by atoms with van der Waals surface area (Å²) < 4.78 is 23.4. The Kier molecular flexibility index (Phi) is 7.22. The second-order valence-electron chi connectivity index (χ2n) is 5.55. The number of carbonyl (C=O) groups is 2. The lowest BCUT2D eigenvalue weighted by molar-refractivity contribution is -0.138. The molecule has 0 saturated carbocycles. The van der Waals surface area contributed by atoms with Gasteiger partial charge in [0, 0.05) is 19.4 Å². The fraction of sp³-hybridized carbons (Fsp3) is 0.500. The molecule has 0 aliphatic rings. The average Bonchev–Trinajstić information content (AvgIpc) is 2.50. The standard InChI is InChI=1S/C16H23NO5S/c1-3-23(21,22)14-7-4-13(5-8-14)6-9-15(18)17-11-12(2)10-16(19)20/h4-5,7-8,12H,3,6,9-11H2,1-2H3,(H,17,18)(H,19,20). The highest BCUT2D eigenvalue weighted by molar-refractivity contribution is 7.91. The molecular formula is C16H23NO5S. The van der Waals surface area contributed by atoms with Gasteiger partial charge in [-0.2, -0.15) is 0 Å². The number of nitrogens with one attached hydrogen (secondary N) is 1. The lowest BCUT2D eigenvalue weighted by atomic mass is 10.1. The molecule has 23 heavy (non-hydrogen) atoms. The van der Waals surface area contributed by atoms with Gasteiger partial charge in [0.25, 0.3) is 0 Å². The monoisotopic (exact) mass is 341 g/mol. The summed E-state index contributed by atoms with van der Waals surface area (Å²) in [6.07, 6.45) is 0.804. The first-order valence-electron chi connectivity index (χ1n) is 7.54. The van der Waals surface area contributed by atoms with Crippen LogP contribution in [0.2, 0.25) is 0 Å². The summed E-state index contributed by atoms with van der Waals surface area (Å²) in [5, 5.41) is 11.3. The van der Waals surface area contributed by atoms with Crippen LogP contribution in [0.3, 0.4) is 0 Å². The first kappa shape index (κ1) is 19.2. The predicted molar refractivity (Wildman–Crippen MR) is 86.9 cm³/mol. The topological polar surface area (TPSA) is 101 Å². The highest BCUT2D eigenvalue weighted by Crippen LogP contribution is 2.13. The van der Waals surface area contributed by atoms with Crippen molar-refractivity contribution in [2.75, 3.05) is 12.3 Å². The number of hydrogen-bond acceptors (Lipinski definition) is 4. The van der Waals surface area contributed by atoms with E-state index in [4.69, 9.17) is 5.11 Å². The lowest BCUT2D eigenvalue weighted by Gasteiger charge is -2.10. The minimum Gasteiger partial charge on any atom is -0.481 e. The van der Waals surface area contributed by atoms with E-state index in [9.17, 15) is 18.0 Å². The van der Waals surface area contributed by atoms with Crippen LogP contribution in [0.4, 0.5) is 0 Å². The minimum atomic E-state index is -3.20. The molecule has 0 fully saturated rings. The molecule has 1 aromatic carbocycles. The van der Waals surface area contributed by atoms with Gasteiger partial charge in [-0.25, -0.2) is 8.42 Å². The summed E-state index contributed by atoms with van der Waals surface area (Å²) in [4.78, 5) is 22.5. The lowest BCUT2D eigenvalue weighted by Crippen LogP contribution is -2.29. The van der Waals surface area contributed by atoms with E-state index in [1.807, 2.05) is 0 Å². The molecule has 0 aliphatic carbocycles. The fourth-order valence-electron chi connectivity index (χ4n) is 2.03. The quantitative estimate of drug-likeness (QED) is 0.711. The smallest absolute Gasteiger partial charge is 0.303 e. The van der Waals surface area contributed by atoms with E-state index in [2.05, 4.69) is 5.32 Å².